The summed E-state index contributed by atoms with van der Waals surface area (Å²) in [6, 6.07) is 6.12. The lowest BCUT2D eigenvalue weighted by Crippen LogP contribution is -2.45. The minimum Gasteiger partial charge on any atom is -0.357 e. The lowest BCUT2D eigenvalue weighted by atomic mass is 9.69. The van der Waals surface area contributed by atoms with Gasteiger partial charge in [-0.1, -0.05) is 19.9 Å². The van der Waals surface area contributed by atoms with Gasteiger partial charge in [-0.3, -0.25) is 4.98 Å². The van der Waals surface area contributed by atoms with Crippen LogP contribution in [-0.2, 0) is 4.74 Å². The summed E-state index contributed by atoms with van der Waals surface area (Å²) in [5.74, 6) is 2.10. The van der Waals surface area contributed by atoms with Gasteiger partial charge < -0.3 is 4.74 Å². The van der Waals surface area contributed by atoms with Crippen molar-refractivity contribution in [2.45, 2.75) is 44.6 Å². The average Bonchev–Trinajstić information content (AvgIpc) is 2.81. The molecule has 0 unspecified atom stereocenters. The summed E-state index contributed by atoms with van der Waals surface area (Å²) in [5.41, 5.74) is 2.11. The van der Waals surface area contributed by atoms with Gasteiger partial charge in [-0.15, -0.1) is 11.8 Å². The number of rotatable bonds is 1. The largest absolute Gasteiger partial charge is 0.357 e. The zero-order chi connectivity index (χ0) is 13.1. The van der Waals surface area contributed by atoms with E-state index in [4.69, 9.17) is 4.74 Å². The minimum absolute atomic E-state index is 0.145. The molecular weight excluding hydrogens is 254 g/mol. The smallest absolute Gasteiger partial charge is 0.145 e. The molecule has 1 aliphatic heterocycles. The summed E-state index contributed by atoms with van der Waals surface area (Å²) in [5, 5.41) is 0. The Bertz CT molecular complexity index is 489. The summed E-state index contributed by atoms with van der Waals surface area (Å²) < 4.78 is 6.46. The molecule has 1 spiro atoms. The van der Waals surface area contributed by atoms with Crippen molar-refractivity contribution in [2.75, 3.05) is 5.75 Å². The Hall–Kier alpha value is -0.540. The quantitative estimate of drug-likeness (QED) is 0.772. The highest BCUT2D eigenvalue weighted by atomic mass is 32.2. The van der Waals surface area contributed by atoms with Crippen molar-refractivity contribution in [3.8, 4) is 0 Å². The fourth-order valence-electron chi connectivity index (χ4n) is 4.61. The van der Waals surface area contributed by atoms with Crippen molar-refractivity contribution >= 4 is 11.8 Å². The maximum absolute atomic E-state index is 6.46. The lowest BCUT2D eigenvalue weighted by Gasteiger charge is -2.47. The monoisotopic (exact) mass is 275 g/mol. The predicted octanol–water partition coefficient (Wildman–Crippen LogP) is 4.04. The topological polar surface area (TPSA) is 22.1 Å². The number of thioether (sulfide) groups is 1. The average molecular weight is 275 g/mol. The van der Waals surface area contributed by atoms with Gasteiger partial charge in [0.15, 0.2) is 0 Å². The second kappa shape index (κ2) is 3.98. The molecule has 2 aliphatic carbocycles. The molecule has 3 fully saturated rings. The second-order valence-corrected chi connectivity index (χ2v) is 7.92. The molecule has 0 amide bonds. The third-order valence-corrected chi connectivity index (χ3v) is 7.40. The van der Waals surface area contributed by atoms with Gasteiger partial charge in [0.25, 0.3) is 0 Å². The van der Waals surface area contributed by atoms with E-state index in [-0.39, 0.29) is 5.44 Å². The summed E-state index contributed by atoms with van der Waals surface area (Å²) in [6.45, 7) is 4.94. The van der Waals surface area contributed by atoms with E-state index in [1.807, 2.05) is 24.0 Å². The van der Waals surface area contributed by atoms with Crippen molar-refractivity contribution in [3.63, 3.8) is 0 Å². The number of hydrogen-bond donors (Lipinski definition) is 0. The van der Waals surface area contributed by atoms with Crippen LogP contribution >= 0.6 is 11.8 Å². The zero-order valence-electron chi connectivity index (χ0n) is 11.6. The van der Waals surface area contributed by atoms with E-state index in [0.717, 1.165) is 11.6 Å². The number of hydrogen-bond acceptors (Lipinski definition) is 3. The summed E-state index contributed by atoms with van der Waals surface area (Å²) in [7, 11) is 0. The molecule has 0 radical (unpaired) electrons. The van der Waals surface area contributed by atoms with Crippen LogP contribution in [0.15, 0.2) is 24.4 Å². The first-order valence-corrected chi connectivity index (χ1v) is 8.36. The molecule has 2 saturated carbocycles. The van der Waals surface area contributed by atoms with Crippen LogP contribution in [0.3, 0.4) is 0 Å². The summed E-state index contributed by atoms with van der Waals surface area (Å²) in [4.78, 5) is 4.47. The van der Waals surface area contributed by atoms with Crippen molar-refractivity contribution < 1.29 is 4.74 Å². The fraction of sp³-hybridized carbons (Fsp3) is 0.688. The molecule has 3 aliphatic rings. The molecular formula is C16H21NOS. The Labute approximate surface area is 119 Å². The number of pyridine rings is 1. The molecule has 4 rings (SSSR count). The molecule has 2 nitrogen and oxygen atoms in total. The van der Waals surface area contributed by atoms with Gasteiger partial charge in [0.05, 0.1) is 11.8 Å². The van der Waals surface area contributed by atoms with E-state index in [9.17, 15) is 0 Å². The molecule has 4 atom stereocenters. The van der Waals surface area contributed by atoms with Gasteiger partial charge in [0.2, 0.25) is 0 Å². The van der Waals surface area contributed by atoms with Crippen molar-refractivity contribution in [1.29, 1.82) is 0 Å². The van der Waals surface area contributed by atoms with Crippen LogP contribution in [0.25, 0.3) is 0 Å². The van der Waals surface area contributed by atoms with Crippen LogP contribution < -0.4 is 0 Å². The SMILES string of the molecule is CC1(C)[C@@H]2CC[C@]13CS[C@@H](c1ccccn1)O[C@H]3C2. The highest BCUT2D eigenvalue weighted by molar-refractivity contribution is 7.99. The first-order chi connectivity index (χ1) is 9.13. The fourth-order valence-corrected chi connectivity index (χ4v) is 6.29. The van der Waals surface area contributed by atoms with Gasteiger partial charge in [-0.25, -0.2) is 0 Å². The first kappa shape index (κ1) is 12.2. The van der Waals surface area contributed by atoms with E-state index in [1.54, 1.807) is 0 Å². The molecule has 102 valence electrons. The van der Waals surface area contributed by atoms with E-state index >= 15 is 0 Å². The van der Waals surface area contributed by atoms with E-state index in [0.29, 0.717) is 16.9 Å². The van der Waals surface area contributed by atoms with E-state index < -0.39 is 0 Å². The minimum atomic E-state index is 0.145. The van der Waals surface area contributed by atoms with Gasteiger partial charge in [-0.2, -0.15) is 0 Å². The molecule has 19 heavy (non-hydrogen) atoms. The van der Waals surface area contributed by atoms with E-state index in [1.165, 1.54) is 25.0 Å². The van der Waals surface area contributed by atoms with Crippen LogP contribution in [0.1, 0.15) is 44.2 Å². The lowest BCUT2D eigenvalue weighted by molar-refractivity contribution is -0.0680. The number of ether oxygens (including phenoxy) is 1. The Morgan fingerprint density at radius 2 is 2.26 bits per heavy atom. The highest BCUT2D eigenvalue weighted by Crippen LogP contribution is 2.70. The molecule has 0 N–H and O–H groups in total. The molecule has 1 aromatic heterocycles. The van der Waals surface area contributed by atoms with Gasteiger partial charge in [0, 0.05) is 17.4 Å². The molecule has 1 saturated heterocycles. The molecule has 1 aromatic rings. The maximum atomic E-state index is 6.46. The van der Waals surface area contributed by atoms with Gasteiger partial charge >= 0.3 is 0 Å². The third-order valence-electron chi connectivity index (χ3n) is 6.07. The Kier molecular flexibility index (Phi) is 2.56. The Balaban J connectivity index is 1.61. The number of aromatic nitrogens is 1. The molecule has 3 heteroatoms. The number of fused-ring (bicyclic) bond motifs is 1. The molecule has 2 bridgehead atoms. The first-order valence-electron chi connectivity index (χ1n) is 7.31. The van der Waals surface area contributed by atoms with Crippen LogP contribution in [0.4, 0.5) is 0 Å². The second-order valence-electron chi connectivity index (χ2n) is 6.87. The van der Waals surface area contributed by atoms with Gasteiger partial charge in [-0.05, 0) is 42.7 Å². The standard InChI is InChI=1S/C16H21NOS/c1-15(2)11-6-7-16(15)10-19-14(18-13(16)9-11)12-5-3-4-8-17-12/h3-5,8,11,13-14H,6-7,9-10H2,1-2H3/t11-,13+,14+,16-/m1/s1. The molecule has 0 aromatic carbocycles. The van der Waals surface area contributed by atoms with Crippen molar-refractivity contribution in [3.05, 3.63) is 30.1 Å². The molecule has 2 heterocycles. The third kappa shape index (κ3) is 1.52. The van der Waals surface area contributed by atoms with Gasteiger partial charge in [0.1, 0.15) is 5.44 Å². The van der Waals surface area contributed by atoms with Crippen LogP contribution in [-0.4, -0.2) is 16.8 Å². The van der Waals surface area contributed by atoms with E-state index in [2.05, 4.69) is 31.0 Å². The van der Waals surface area contributed by atoms with Crippen LogP contribution in [0.5, 0.6) is 0 Å². The predicted molar refractivity (Wildman–Crippen MR) is 77.9 cm³/mol. The van der Waals surface area contributed by atoms with Crippen molar-refractivity contribution in [1.82, 2.24) is 4.98 Å². The zero-order valence-corrected chi connectivity index (χ0v) is 12.5. The Morgan fingerprint density at radius 3 is 3.00 bits per heavy atom. The summed E-state index contributed by atoms with van der Waals surface area (Å²) >= 11 is 1.96. The highest BCUT2D eigenvalue weighted by Gasteiger charge is 2.66. The maximum Gasteiger partial charge on any atom is 0.145 e. The van der Waals surface area contributed by atoms with Crippen molar-refractivity contribution in [2.24, 2.45) is 16.7 Å². The normalized spacial score (nSPS) is 43.2. The number of nitrogens with zero attached hydrogens (tertiary/aromatic N) is 1. The van der Waals surface area contributed by atoms with Crippen LogP contribution in [0, 0.1) is 16.7 Å². The van der Waals surface area contributed by atoms with Crippen LogP contribution in [0.2, 0.25) is 0 Å². The Morgan fingerprint density at radius 1 is 1.37 bits per heavy atom. The summed E-state index contributed by atoms with van der Waals surface area (Å²) in [6.07, 6.45) is 6.35.